The van der Waals surface area contributed by atoms with Crippen molar-refractivity contribution < 1.29 is 59.4 Å². The molecule has 4 aromatic carbocycles. The summed E-state index contributed by atoms with van der Waals surface area (Å²) in [7, 11) is 0. The zero-order valence-electron chi connectivity index (χ0n) is 34.9. The van der Waals surface area contributed by atoms with Crippen molar-refractivity contribution in [1.29, 1.82) is 0 Å². The third-order valence-corrected chi connectivity index (χ3v) is 10.2. The predicted molar refractivity (Wildman–Crippen MR) is 225 cm³/mol. The summed E-state index contributed by atoms with van der Waals surface area (Å²) < 4.78 is 90.1. The third kappa shape index (κ3) is 13.6. The Balaban J connectivity index is 0.000000215. The molecule has 1 aromatic heterocycles. The van der Waals surface area contributed by atoms with Crippen LogP contribution in [-0.4, -0.2) is 122 Å². The number of urea groups is 2. The Morgan fingerprint density at radius 3 is 1.46 bits per heavy atom. The number of carbonyl (C=O) groups is 4. The number of nitrogens with one attached hydrogen (secondary N) is 1. The van der Waals surface area contributed by atoms with Crippen molar-refractivity contribution in [1.82, 2.24) is 25.3 Å². The van der Waals surface area contributed by atoms with Gasteiger partial charge in [-0.05, 0) is 72.5 Å². The zero-order chi connectivity index (χ0) is 46.4. The largest absolute Gasteiger partial charge is 0.470 e. The highest BCUT2D eigenvalue weighted by Gasteiger charge is 2.39. The molecule has 2 fully saturated rings. The number of hydrogen-bond donors (Lipinski definition) is 1. The van der Waals surface area contributed by atoms with Gasteiger partial charge in [0.05, 0.1) is 33.0 Å². The fourth-order valence-electron chi connectivity index (χ4n) is 6.67. The standard InChI is InChI=1S/C23H24F3N3O4.C22H21F3N4O3/c24-23(25,26)20(30)16-27-21(31)18-8-6-17(7-9-18)10-11-29(19-4-2-1-3-5-19)22(32)28-12-14-33-15-13-28;23-22(24,25)20-27-26-19(32-20)17-8-6-16(7-9-17)10-11-29(18-4-2-1-3-5-18)21(30)28-12-14-31-15-13-28/h1-9H,10-16H2,(H,27,31);1-9H,10-15H2. The molecule has 65 heavy (non-hydrogen) atoms. The van der Waals surface area contributed by atoms with E-state index in [2.05, 4.69) is 10.2 Å². The van der Waals surface area contributed by atoms with Crippen LogP contribution < -0.4 is 15.1 Å². The molecule has 0 bridgehead atoms. The van der Waals surface area contributed by atoms with Gasteiger partial charge in [-0.2, -0.15) is 26.3 Å². The van der Waals surface area contributed by atoms with Crippen LogP contribution in [0.3, 0.4) is 0 Å². The van der Waals surface area contributed by atoms with E-state index in [0.717, 1.165) is 22.5 Å². The van der Waals surface area contributed by atoms with Crippen LogP contribution in [0, 0.1) is 0 Å². The van der Waals surface area contributed by atoms with E-state index in [1.165, 1.54) is 12.1 Å². The molecule has 3 heterocycles. The number of hydrogen-bond acceptors (Lipinski definition) is 9. The van der Waals surface area contributed by atoms with Gasteiger partial charge in [-0.3, -0.25) is 19.4 Å². The molecule has 0 atom stereocenters. The molecule has 0 radical (unpaired) electrons. The molecule has 2 saturated heterocycles. The Morgan fingerprint density at radius 2 is 1.05 bits per heavy atom. The molecule has 0 aliphatic carbocycles. The van der Waals surface area contributed by atoms with E-state index in [1.807, 2.05) is 66.0 Å². The average Bonchev–Trinajstić information content (AvgIpc) is 3.84. The van der Waals surface area contributed by atoms with Gasteiger partial charge >= 0.3 is 30.3 Å². The van der Waals surface area contributed by atoms with E-state index in [0.29, 0.717) is 84.1 Å². The Bertz CT molecular complexity index is 2320. The van der Waals surface area contributed by atoms with Crippen molar-refractivity contribution in [2.75, 3.05) is 82.0 Å². The summed E-state index contributed by atoms with van der Waals surface area (Å²) in [6.07, 6.45) is -8.61. The van der Waals surface area contributed by atoms with Gasteiger partial charge in [0.25, 0.3) is 11.7 Å². The number of carbonyl (C=O) groups excluding carboxylic acids is 4. The van der Waals surface area contributed by atoms with Gasteiger partial charge in [0, 0.05) is 61.8 Å². The number of Topliss-reactive ketones (excluding diaryl/α,β-unsaturated/α-hetero) is 1. The van der Waals surface area contributed by atoms with Crippen molar-refractivity contribution >= 4 is 35.1 Å². The molecule has 0 saturated carbocycles. The van der Waals surface area contributed by atoms with Gasteiger partial charge in [0.15, 0.2) is 0 Å². The second kappa shape index (κ2) is 22.2. The van der Waals surface area contributed by atoms with Crippen LogP contribution >= 0.6 is 0 Å². The van der Waals surface area contributed by atoms with Crippen LogP contribution in [0.15, 0.2) is 114 Å². The van der Waals surface area contributed by atoms with E-state index in [1.54, 1.807) is 56.0 Å². The van der Waals surface area contributed by atoms with E-state index in [9.17, 15) is 45.5 Å². The minimum atomic E-state index is -4.99. The number of ketones is 1. The molecule has 0 unspecified atom stereocenters. The molecule has 5 amide bonds. The maximum atomic E-state index is 13.1. The van der Waals surface area contributed by atoms with E-state index >= 15 is 0 Å². The fraction of sp³-hybridized carbons (Fsp3) is 0.333. The fourth-order valence-corrected chi connectivity index (χ4v) is 6.67. The lowest BCUT2D eigenvalue weighted by atomic mass is 10.1. The number of aromatic nitrogens is 2. The second-order valence-corrected chi connectivity index (χ2v) is 14.6. The highest BCUT2D eigenvalue weighted by molar-refractivity contribution is 5.97. The number of amides is 5. The molecule has 1 N–H and O–H groups in total. The first-order valence-corrected chi connectivity index (χ1v) is 20.5. The Hall–Kier alpha value is -6.80. The normalized spacial score (nSPS) is 14.2. The predicted octanol–water partition coefficient (Wildman–Crippen LogP) is 7.31. The quantitative estimate of drug-likeness (QED) is 0.127. The summed E-state index contributed by atoms with van der Waals surface area (Å²) >= 11 is 0. The van der Waals surface area contributed by atoms with Gasteiger partial charge in [-0.25, -0.2) is 9.59 Å². The molecule has 5 aromatic rings. The van der Waals surface area contributed by atoms with Crippen molar-refractivity contribution in [2.45, 2.75) is 25.2 Å². The number of rotatable bonds is 12. The molecule has 2 aliphatic rings. The molecule has 14 nitrogen and oxygen atoms in total. The maximum absolute atomic E-state index is 13.1. The van der Waals surface area contributed by atoms with Crippen LogP contribution in [-0.2, 0) is 33.3 Å². The molecular weight excluding hydrogens is 865 g/mol. The number of alkyl halides is 6. The van der Waals surface area contributed by atoms with Gasteiger partial charge < -0.3 is 29.0 Å². The van der Waals surface area contributed by atoms with Crippen molar-refractivity contribution in [3.63, 3.8) is 0 Å². The lowest BCUT2D eigenvalue weighted by Crippen LogP contribution is -2.49. The van der Waals surface area contributed by atoms with Crippen molar-refractivity contribution in [3.8, 4) is 11.5 Å². The first-order chi connectivity index (χ1) is 31.2. The lowest BCUT2D eigenvalue weighted by molar-refractivity contribution is -0.169. The first-order valence-electron chi connectivity index (χ1n) is 20.5. The maximum Gasteiger partial charge on any atom is 0.470 e. The number of benzene rings is 4. The minimum Gasteiger partial charge on any atom is -0.413 e. The van der Waals surface area contributed by atoms with Crippen LogP contribution in [0.1, 0.15) is 27.4 Å². The Morgan fingerprint density at radius 1 is 0.600 bits per heavy atom. The summed E-state index contributed by atoms with van der Waals surface area (Å²) in [4.78, 5) is 56.1. The van der Waals surface area contributed by atoms with Gasteiger partial charge in [-0.1, -0.05) is 60.7 Å². The first kappa shape index (κ1) is 47.7. The smallest absolute Gasteiger partial charge is 0.413 e. The molecule has 2 aliphatic heterocycles. The van der Waals surface area contributed by atoms with Crippen molar-refractivity contribution in [3.05, 3.63) is 132 Å². The van der Waals surface area contributed by atoms with Gasteiger partial charge in [0.1, 0.15) is 0 Å². The van der Waals surface area contributed by atoms with Crippen LogP contribution in [0.4, 0.5) is 47.3 Å². The molecule has 20 heteroatoms. The number of nitrogens with zero attached hydrogens (tertiary/aromatic N) is 6. The summed E-state index contributed by atoms with van der Waals surface area (Å²) in [5.74, 6) is -4.36. The number of halogens is 6. The van der Waals surface area contributed by atoms with Gasteiger partial charge in [-0.15, -0.1) is 10.2 Å². The van der Waals surface area contributed by atoms with Crippen molar-refractivity contribution in [2.24, 2.45) is 0 Å². The van der Waals surface area contributed by atoms with E-state index in [-0.39, 0.29) is 23.5 Å². The Labute approximate surface area is 369 Å². The second-order valence-electron chi connectivity index (χ2n) is 14.6. The molecule has 7 rings (SSSR count). The average molecular weight is 910 g/mol. The van der Waals surface area contributed by atoms with Crippen LogP contribution in [0.2, 0.25) is 0 Å². The third-order valence-electron chi connectivity index (χ3n) is 10.2. The number of anilines is 2. The Kier molecular flexibility index (Phi) is 16.3. The molecule has 344 valence electrons. The number of para-hydroxylation sites is 2. The molecule has 0 spiro atoms. The molecular formula is C45H45F6N7O7. The summed E-state index contributed by atoms with van der Waals surface area (Å²) in [5.41, 5.74) is 3.85. The SMILES string of the molecule is O=C(N1CCOCC1)N(CCc1ccc(-c2nnc(C(F)(F)F)o2)cc1)c1ccccc1.O=C(NCC(=O)C(F)(F)F)c1ccc(CCN(C(=O)N2CCOCC2)c2ccccc2)cc1. The summed E-state index contributed by atoms with van der Waals surface area (Å²) in [6, 6.07) is 31.6. The number of ether oxygens (including phenoxy) is 2. The monoisotopic (exact) mass is 909 g/mol. The minimum absolute atomic E-state index is 0.0818. The van der Waals surface area contributed by atoms with Crippen LogP contribution in [0.25, 0.3) is 11.5 Å². The van der Waals surface area contributed by atoms with Crippen LogP contribution in [0.5, 0.6) is 0 Å². The summed E-state index contributed by atoms with van der Waals surface area (Å²) in [5, 5.41) is 8.48. The van der Waals surface area contributed by atoms with Gasteiger partial charge in [0.2, 0.25) is 5.89 Å². The highest BCUT2D eigenvalue weighted by Crippen LogP contribution is 2.30. The lowest BCUT2D eigenvalue weighted by Gasteiger charge is -2.33. The summed E-state index contributed by atoms with van der Waals surface area (Å²) in [6.45, 7) is 3.86. The highest BCUT2D eigenvalue weighted by atomic mass is 19.4. The van der Waals surface area contributed by atoms with E-state index in [4.69, 9.17) is 13.9 Å². The topological polar surface area (TPSA) is 151 Å². The number of morpholine rings is 2. The van der Waals surface area contributed by atoms with E-state index < -0.39 is 36.5 Å². The zero-order valence-corrected chi connectivity index (χ0v) is 34.9.